The lowest BCUT2D eigenvalue weighted by Gasteiger charge is -2.18. The first kappa shape index (κ1) is 14.7. The highest BCUT2D eigenvalue weighted by molar-refractivity contribution is 9.10. The molecule has 0 aliphatic rings. The van der Waals surface area contributed by atoms with Gasteiger partial charge in [0.15, 0.2) is 0 Å². The molecule has 0 bridgehead atoms. The number of rotatable bonds is 5. The summed E-state index contributed by atoms with van der Waals surface area (Å²) < 4.78 is 19.9. The van der Waals surface area contributed by atoms with Crippen molar-refractivity contribution in [3.05, 3.63) is 69.9 Å². The van der Waals surface area contributed by atoms with Gasteiger partial charge >= 0.3 is 0 Å². The van der Waals surface area contributed by atoms with Gasteiger partial charge in [0.2, 0.25) is 0 Å². The first-order valence-electron chi connectivity index (χ1n) is 5.89. The van der Waals surface area contributed by atoms with E-state index in [0.717, 1.165) is 20.9 Å². The molecule has 0 saturated heterocycles. The van der Waals surface area contributed by atoms with Gasteiger partial charge in [-0.3, -0.25) is 0 Å². The van der Waals surface area contributed by atoms with Crippen LogP contribution in [0.1, 0.15) is 17.2 Å². The van der Waals surface area contributed by atoms with E-state index in [1.807, 2.05) is 24.3 Å². The summed E-state index contributed by atoms with van der Waals surface area (Å²) in [5.41, 5.74) is 2.00. The molecule has 2 aromatic rings. The maximum Gasteiger partial charge on any atom is 0.123 e. The zero-order valence-electron chi connectivity index (χ0n) is 10.2. The highest BCUT2D eigenvalue weighted by Crippen LogP contribution is 2.27. The van der Waals surface area contributed by atoms with Gasteiger partial charge in [-0.05, 0) is 35.4 Å². The summed E-state index contributed by atoms with van der Waals surface area (Å²) >= 11 is 6.77. The molecule has 0 N–H and O–H groups in total. The van der Waals surface area contributed by atoms with Crippen LogP contribution in [0.25, 0.3) is 0 Å². The number of hydrogen-bond acceptors (Lipinski definition) is 1. The van der Waals surface area contributed by atoms with Crippen LogP contribution in [0.2, 0.25) is 0 Å². The van der Waals surface area contributed by atoms with E-state index in [2.05, 4.69) is 31.9 Å². The van der Waals surface area contributed by atoms with Crippen LogP contribution in [-0.2, 0) is 4.74 Å². The molecule has 0 amide bonds. The highest BCUT2D eigenvalue weighted by Gasteiger charge is 2.14. The monoisotopic (exact) mass is 386 g/mol. The lowest BCUT2D eigenvalue weighted by atomic mass is 10.0. The molecule has 4 heteroatoms. The maximum atomic E-state index is 13.0. The zero-order chi connectivity index (χ0) is 13.7. The van der Waals surface area contributed by atoms with Gasteiger partial charge in [0.05, 0.1) is 6.61 Å². The van der Waals surface area contributed by atoms with E-state index in [4.69, 9.17) is 4.74 Å². The molecule has 2 rings (SSSR count). The third kappa shape index (κ3) is 4.13. The van der Waals surface area contributed by atoms with E-state index in [1.165, 1.54) is 12.1 Å². The van der Waals surface area contributed by atoms with Crippen LogP contribution in [-0.4, -0.2) is 11.9 Å². The first-order valence-corrected chi connectivity index (χ1v) is 7.80. The Labute approximate surface area is 129 Å². The van der Waals surface area contributed by atoms with Gasteiger partial charge in [-0.1, -0.05) is 56.1 Å². The lowest BCUT2D eigenvalue weighted by molar-refractivity contribution is 0.0940. The third-order valence-corrected chi connectivity index (χ3v) is 3.56. The molecule has 0 fully saturated rings. The lowest BCUT2D eigenvalue weighted by Crippen LogP contribution is -2.08. The van der Waals surface area contributed by atoms with Crippen molar-refractivity contribution in [2.75, 3.05) is 11.9 Å². The fourth-order valence-corrected chi connectivity index (χ4v) is 2.27. The second-order valence-corrected chi connectivity index (χ2v) is 5.75. The molecule has 1 unspecified atom stereocenters. The van der Waals surface area contributed by atoms with Crippen LogP contribution in [0.15, 0.2) is 53.0 Å². The average Bonchev–Trinajstić information content (AvgIpc) is 2.43. The number of benzene rings is 2. The SMILES string of the molecule is Fc1ccc(C(OCCBr)c2ccc(Br)cc2)cc1. The molecule has 0 heterocycles. The molecular weight excluding hydrogens is 375 g/mol. The summed E-state index contributed by atoms with van der Waals surface area (Å²) in [6.07, 6.45) is -0.175. The Morgan fingerprint density at radius 2 is 1.47 bits per heavy atom. The smallest absolute Gasteiger partial charge is 0.123 e. The summed E-state index contributed by atoms with van der Waals surface area (Å²) in [5.74, 6) is -0.237. The van der Waals surface area contributed by atoms with E-state index in [9.17, 15) is 4.39 Å². The molecule has 0 spiro atoms. The molecule has 0 saturated carbocycles. The van der Waals surface area contributed by atoms with E-state index >= 15 is 0 Å². The summed E-state index contributed by atoms with van der Waals surface area (Å²) in [5, 5.41) is 0.765. The van der Waals surface area contributed by atoms with Crippen molar-refractivity contribution in [1.82, 2.24) is 0 Å². The minimum atomic E-state index is -0.237. The Morgan fingerprint density at radius 1 is 0.947 bits per heavy atom. The molecule has 0 aliphatic heterocycles. The van der Waals surface area contributed by atoms with Crippen molar-refractivity contribution in [2.24, 2.45) is 0 Å². The van der Waals surface area contributed by atoms with Crippen molar-refractivity contribution in [2.45, 2.75) is 6.10 Å². The molecule has 1 atom stereocenters. The Hall–Kier alpha value is -0.710. The standard InChI is InChI=1S/C15H13Br2FO/c16-9-10-19-15(11-1-5-13(17)6-2-11)12-3-7-14(18)8-4-12/h1-8,15H,9-10H2. The van der Waals surface area contributed by atoms with Crippen molar-refractivity contribution < 1.29 is 9.13 Å². The van der Waals surface area contributed by atoms with Gasteiger partial charge < -0.3 is 4.74 Å². The second kappa shape index (κ2) is 7.17. The number of alkyl halides is 1. The predicted molar refractivity (Wildman–Crippen MR) is 82.1 cm³/mol. The van der Waals surface area contributed by atoms with Gasteiger partial charge in [0.25, 0.3) is 0 Å². The summed E-state index contributed by atoms with van der Waals surface area (Å²) in [4.78, 5) is 0. The Kier molecular flexibility index (Phi) is 5.55. The topological polar surface area (TPSA) is 9.23 Å². The van der Waals surface area contributed by atoms with Crippen LogP contribution >= 0.6 is 31.9 Å². The van der Waals surface area contributed by atoms with Crippen molar-refractivity contribution >= 4 is 31.9 Å². The Bertz CT molecular complexity index is 465. The number of halogens is 3. The van der Waals surface area contributed by atoms with Crippen LogP contribution in [0.4, 0.5) is 4.39 Å². The molecule has 1 nitrogen and oxygen atoms in total. The summed E-state index contributed by atoms with van der Waals surface area (Å²) in [7, 11) is 0. The summed E-state index contributed by atoms with van der Waals surface area (Å²) in [6, 6.07) is 14.4. The minimum absolute atomic E-state index is 0.175. The normalized spacial score (nSPS) is 12.4. The molecule has 0 aliphatic carbocycles. The maximum absolute atomic E-state index is 13.0. The number of hydrogen-bond donors (Lipinski definition) is 0. The van der Waals surface area contributed by atoms with Crippen LogP contribution in [0, 0.1) is 5.82 Å². The molecule has 0 aromatic heterocycles. The average molecular weight is 388 g/mol. The zero-order valence-corrected chi connectivity index (χ0v) is 13.3. The molecular formula is C15H13Br2FO. The predicted octanol–water partition coefficient (Wildman–Crippen LogP) is 5.09. The van der Waals surface area contributed by atoms with Crippen LogP contribution < -0.4 is 0 Å². The van der Waals surface area contributed by atoms with Gasteiger partial charge in [0.1, 0.15) is 11.9 Å². The first-order chi connectivity index (χ1) is 9.20. The Morgan fingerprint density at radius 3 is 2.00 bits per heavy atom. The van der Waals surface area contributed by atoms with Crippen molar-refractivity contribution in [3.63, 3.8) is 0 Å². The van der Waals surface area contributed by atoms with E-state index in [-0.39, 0.29) is 11.9 Å². The largest absolute Gasteiger partial charge is 0.368 e. The van der Waals surface area contributed by atoms with Gasteiger partial charge in [-0.15, -0.1) is 0 Å². The van der Waals surface area contributed by atoms with Gasteiger partial charge in [0, 0.05) is 9.80 Å². The molecule has 0 radical (unpaired) electrons. The molecule has 100 valence electrons. The second-order valence-electron chi connectivity index (χ2n) is 4.04. The number of ether oxygens (including phenoxy) is 1. The quantitative estimate of drug-likeness (QED) is 0.649. The van der Waals surface area contributed by atoms with E-state index < -0.39 is 0 Å². The van der Waals surface area contributed by atoms with E-state index in [0.29, 0.717) is 6.61 Å². The molecule has 19 heavy (non-hydrogen) atoms. The van der Waals surface area contributed by atoms with Gasteiger partial charge in [-0.25, -0.2) is 4.39 Å². The Balaban J connectivity index is 2.29. The molecule has 2 aromatic carbocycles. The summed E-state index contributed by atoms with van der Waals surface area (Å²) in [6.45, 7) is 0.595. The minimum Gasteiger partial charge on any atom is -0.368 e. The van der Waals surface area contributed by atoms with Crippen LogP contribution in [0.3, 0.4) is 0 Å². The fourth-order valence-electron chi connectivity index (χ4n) is 1.82. The van der Waals surface area contributed by atoms with Crippen molar-refractivity contribution in [1.29, 1.82) is 0 Å². The highest BCUT2D eigenvalue weighted by atomic mass is 79.9. The van der Waals surface area contributed by atoms with Crippen LogP contribution in [0.5, 0.6) is 0 Å². The fraction of sp³-hybridized carbons (Fsp3) is 0.200. The third-order valence-electron chi connectivity index (χ3n) is 2.71. The van der Waals surface area contributed by atoms with Crippen molar-refractivity contribution in [3.8, 4) is 0 Å². The van der Waals surface area contributed by atoms with Gasteiger partial charge in [-0.2, -0.15) is 0 Å². The van der Waals surface area contributed by atoms with E-state index in [1.54, 1.807) is 12.1 Å².